The number of carbonyl (C=O) groups excluding carboxylic acids is 1. The molecule has 1 aliphatic carbocycles. The van der Waals surface area contributed by atoms with Gasteiger partial charge in [0.05, 0.1) is 13.0 Å². The molecule has 0 radical (unpaired) electrons. The second-order valence-corrected chi connectivity index (χ2v) is 8.68. The van der Waals surface area contributed by atoms with Gasteiger partial charge < -0.3 is 14.8 Å². The molecule has 0 spiro atoms. The summed E-state index contributed by atoms with van der Waals surface area (Å²) in [6, 6.07) is 7.93. The lowest BCUT2D eigenvalue weighted by atomic mass is 9.85. The van der Waals surface area contributed by atoms with Gasteiger partial charge in [0.15, 0.2) is 0 Å². The zero-order chi connectivity index (χ0) is 24.5. The monoisotopic (exact) mass is 475 g/mol. The molecule has 182 valence electrons. The third-order valence-electron chi connectivity index (χ3n) is 6.51. The molecule has 1 fully saturated rings. The summed E-state index contributed by atoms with van der Waals surface area (Å²) in [6.07, 6.45) is -2.75. The summed E-state index contributed by atoms with van der Waals surface area (Å²) < 4.78 is 50.0. The average molecular weight is 476 g/mol. The van der Waals surface area contributed by atoms with E-state index in [0.29, 0.717) is 5.75 Å². The number of methoxy groups -OCH3 is 1. The van der Waals surface area contributed by atoms with Gasteiger partial charge in [0.25, 0.3) is 0 Å². The van der Waals surface area contributed by atoms with Gasteiger partial charge in [-0.25, -0.2) is 4.98 Å². The predicted octanol–water partition coefficient (Wildman–Crippen LogP) is 4.09. The molecule has 1 N–H and O–H groups in total. The minimum Gasteiger partial charge on any atom is -0.495 e. The first-order valence-electron chi connectivity index (χ1n) is 11.2. The SMILES string of the molecule is CNC(=O)C1CN(CC2=C(C)c3ccc(OCc4nc(C(F)(F)F)ccc4OC)cc3CC2)C1. The minimum absolute atomic E-state index is 0.0754. The van der Waals surface area contributed by atoms with Gasteiger partial charge in [0.2, 0.25) is 5.91 Å². The van der Waals surface area contributed by atoms with Crippen LogP contribution in [0.1, 0.15) is 35.9 Å². The fourth-order valence-corrected chi connectivity index (χ4v) is 4.52. The molecular weight excluding hydrogens is 447 g/mol. The number of aryl methyl sites for hydroxylation is 1. The van der Waals surface area contributed by atoms with Crippen molar-refractivity contribution in [2.75, 3.05) is 33.8 Å². The maximum atomic E-state index is 13.0. The van der Waals surface area contributed by atoms with E-state index in [1.165, 1.54) is 24.3 Å². The number of fused-ring (bicyclic) bond motifs is 1. The number of halogens is 3. The van der Waals surface area contributed by atoms with Gasteiger partial charge in [-0.1, -0.05) is 11.6 Å². The predicted molar refractivity (Wildman–Crippen MR) is 121 cm³/mol. The van der Waals surface area contributed by atoms with Crippen molar-refractivity contribution < 1.29 is 27.4 Å². The first-order valence-corrected chi connectivity index (χ1v) is 11.2. The average Bonchev–Trinajstić information content (AvgIpc) is 2.79. The molecule has 1 aromatic carbocycles. The number of allylic oxidation sites excluding steroid dienone is 1. The number of nitrogens with zero attached hydrogens (tertiary/aromatic N) is 2. The molecule has 4 rings (SSSR count). The van der Waals surface area contributed by atoms with E-state index in [-0.39, 0.29) is 29.9 Å². The highest BCUT2D eigenvalue weighted by atomic mass is 19.4. The number of aromatic nitrogens is 1. The van der Waals surface area contributed by atoms with Crippen molar-refractivity contribution in [3.8, 4) is 11.5 Å². The number of hydrogen-bond acceptors (Lipinski definition) is 5. The number of nitrogens with one attached hydrogen (secondary N) is 1. The maximum Gasteiger partial charge on any atom is 0.433 e. The van der Waals surface area contributed by atoms with E-state index >= 15 is 0 Å². The molecule has 1 aliphatic heterocycles. The van der Waals surface area contributed by atoms with E-state index < -0.39 is 11.9 Å². The van der Waals surface area contributed by atoms with Crippen LogP contribution in [0.5, 0.6) is 11.5 Å². The van der Waals surface area contributed by atoms with E-state index in [2.05, 4.69) is 22.1 Å². The topological polar surface area (TPSA) is 63.7 Å². The molecule has 0 bridgehead atoms. The molecule has 0 atom stereocenters. The fraction of sp³-hybridized carbons (Fsp3) is 0.440. The highest BCUT2D eigenvalue weighted by Gasteiger charge is 2.34. The highest BCUT2D eigenvalue weighted by molar-refractivity contribution is 5.79. The van der Waals surface area contributed by atoms with Crippen LogP contribution < -0.4 is 14.8 Å². The number of rotatable bonds is 7. The van der Waals surface area contributed by atoms with E-state index in [1.807, 2.05) is 18.2 Å². The second-order valence-electron chi connectivity index (χ2n) is 8.68. The summed E-state index contributed by atoms with van der Waals surface area (Å²) in [5.74, 6) is 0.999. The van der Waals surface area contributed by atoms with Crippen LogP contribution in [0.15, 0.2) is 35.9 Å². The molecule has 9 heteroatoms. The van der Waals surface area contributed by atoms with Gasteiger partial charge >= 0.3 is 6.18 Å². The second kappa shape index (κ2) is 9.66. The summed E-state index contributed by atoms with van der Waals surface area (Å²) in [7, 11) is 3.05. The molecule has 1 aromatic heterocycles. The lowest BCUT2D eigenvalue weighted by Gasteiger charge is -2.39. The maximum absolute atomic E-state index is 13.0. The van der Waals surface area contributed by atoms with Crippen LogP contribution in [-0.2, 0) is 24.0 Å². The molecule has 2 heterocycles. The lowest BCUT2D eigenvalue weighted by Crippen LogP contribution is -2.53. The largest absolute Gasteiger partial charge is 0.495 e. The van der Waals surface area contributed by atoms with Gasteiger partial charge in [0.1, 0.15) is 29.5 Å². The molecule has 0 saturated carbocycles. The van der Waals surface area contributed by atoms with Crippen LogP contribution in [0.2, 0.25) is 0 Å². The Bertz CT molecular complexity index is 1110. The molecular formula is C25H28F3N3O3. The van der Waals surface area contributed by atoms with E-state index in [0.717, 1.165) is 49.7 Å². The first-order chi connectivity index (χ1) is 16.2. The number of ether oxygens (including phenoxy) is 2. The third kappa shape index (κ3) is 5.04. The van der Waals surface area contributed by atoms with Crippen LogP contribution in [0.4, 0.5) is 13.2 Å². The van der Waals surface area contributed by atoms with Crippen molar-refractivity contribution in [3.05, 3.63) is 58.4 Å². The van der Waals surface area contributed by atoms with Crippen molar-refractivity contribution in [3.63, 3.8) is 0 Å². The number of amides is 1. The molecule has 2 aromatic rings. The Balaban J connectivity index is 1.43. The van der Waals surface area contributed by atoms with Crippen LogP contribution >= 0.6 is 0 Å². The quantitative estimate of drug-likeness (QED) is 0.654. The summed E-state index contributed by atoms with van der Waals surface area (Å²) in [6.45, 7) is 4.40. The number of benzene rings is 1. The molecule has 2 aliphatic rings. The third-order valence-corrected chi connectivity index (χ3v) is 6.51. The van der Waals surface area contributed by atoms with E-state index in [4.69, 9.17) is 9.47 Å². The lowest BCUT2D eigenvalue weighted by molar-refractivity contribution is -0.141. The van der Waals surface area contributed by atoms with Crippen LogP contribution in [0.25, 0.3) is 5.57 Å². The van der Waals surface area contributed by atoms with Crippen LogP contribution in [0, 0.1) is 5.92 Å². The summed E-state index contributed by atoms with van der Waals surface area (Å²) in [5.41, 5.74) is 4.03. The van der Waals surface area contributed by atoms with Crippen molar-refractivity contribution in [1.29, 1.82) is 0 Å². The first kappa shape index (κ1) is 24.1. The smallest absolute Gasteiger partial charge is 0.433 e. The van der Waals surface area contributed by atoms with Crippen molar-refractivity contribution in [2.24, 2.45) is 5.92 Å². The number of hydrogen-bond donors (Lipinski definition) is 1. The molecule has 1 saturated heterocycles. The van der Waals surface area contributed by atoms with Crippen molar-refractivity contribution >= 4 is 11.5 Å². The Morgan fingerprint density at radius 3 is 2.65 bits per heavy atom. The molecule has 6 nitrogen and oxygen atoms in total. The van der Waals surface area contributed by atoms with E-state index in [9.17, 15) is 18.0 Å². The van der Waals surface area contributed by atoms with Crippen LogP contribution in [-0.4, -0.2) is 49.6 Å². The van der Waals surface area contributed by atoms with Gasteiger partial charge in [-0.3, -0.25) is 9.69 Å². The number of carbonyl (C=O) groups is 1. The van der Waals surface area contributed by atoms with Gasteiger partial charge in [-0.05, 0) is 60.7 Å². The Morgan fingerprint density at radius 2 is 1.97 bits per heavy atom. The number of alkyl halides is 3. The standard InChI is InChI=1S/C25H28F3N3O3/c1-15-17(11-31-12-18(13-31)24(32)29-2)5-4-16-10-19(6-7-20(15)16)34-14-21-22(33-3)8-9-23(30-21)25(26,27)28/h6-10,18H,4-5,11-14H2,1-3H3,(H,29,32). The summed E-state index contributed by atoms with van der Waals surface area (Å²) >= 11 is 0. The zero-order valence-corrected chi connectivity index (χ0v) is 19.5. The van der Waals surface area contributed by atoms with Crippen molar-refractivity contribution in [1.82, 2.24) is 15.2 Å². The van der Waals surface area contributed by atoms with Gasteiger partial charge in [0, 0.05) is 26.7 Å². The Labute approximate surface area is 196 Å². The van der Waals surface area contributed by atoms with Crippen molar-refractivity contribution in [2.45, 2.75) is 32.5 Å². The van der Waals surface area contributed by atoms with Gasteiger partial charge in [-0.2, -0.15) is 13.2 Å². The summed E-state index contributed by atoms with van der Waals surface area (Å²) in [5, 5.41) is 2.70. The minimum atomic E-state index is -4.53. The van der Waals surface area contributed by atoms with E-state index in [1.54, 1.807) is 7.05 Å². The van der Waals surface area contributed by atoms with Crippen LogP contribution in [0.3, 0.4) is 0 Å². The normalized spacial score (nSPS) is 16.6. The number of pyridine rings is 1. The number of likely N-dealkylation sites (tertiary alicyclic amines) is 1. The Hall–Kier alpha value is -3.07. The Kier molecular flexibility index (Phi) is 6.84. The fourth-order valence-electron chi connectivity index (χ4n) is 4.52. The molecule has 0 unspecified atom stereocenters. The molecule has 1 amide bonds. The summed E-state index contributed by atoms with van der Waals surface area (Å²) in [4.78, 5) is 17.7. The zero-order valence-electron chi connectivity index (χ0n) is 19.5. The van der Waals surface area contributed by atoms with Gasteiger partial charge in [-0.15, -0.1) is 0 Å². The highest BCUT2D eigenvalue weighted by Crippen LogP contribution is 2.35. The molecule has 34 heavy (non-hydrogen) atoms. The Morgan fingerprint density at radius 1 is 1.21 bits per heavy atom.